The predicted molar refractivity (Wildman–Crippen MR) is 118 cm³/mol. The molecule has 0 spiro atoms. The third-order valence-electron chi connectivity index (χ3n) is 6.27. The summed E-state index contributed by atoms with van der Waals surface area (Å²) in [4.78, 5) is 17.8. The average molecular weight is 402 g/mol. The molecule has 2 aliphatic rings. The highest BCUT2D eigenvalue weighted by molar-refractivity contribution is 5.60. The van der Waals surface area contributed by atoms with Crippen LogP contribution in [0.1, 0.15) is 43.6 Å². The molecule has 3 aromatic rings. The van der Waals surface area contributed by atoms with Gasteiger partial charge in [-0.05, 0) is 24.3 Å². The first-order valence-electron chi connectivity index (χ1n) is 10.9. The molecule has 1 saturated heterocycles. The second-order valence-corrected chi connectivity index (χ2v) is 8.14. The molecule has 1 saturated carbocycles. The molecule has 2 aromatic heterocycles. The number of hydrogen-bond acceptors (Lipinski definition) is 7. The van der Waals surface area contributed by atoms with Crippen LogP contribution in [0.4, 0.5) is 11.8 Å². The van der Waals surface area contributed by atoms with Gasteiger partial charge in [0, 0.05) is 44.1 Å². The molecule has 0 unspecified atom stereocenters. The minimum Gasteiger partial charge on any atom is -0.352 e. The highest BCUT2D eigenvalue weighted by Crippen LogP contribution is 2.33. The highest BCUT2D eigenvalue weighted by atomic mass is 15.4. The van der Waals surface area contributed by atoms with Crippen molar-refractivity contribution in [3.63, 3.8) is 0 Å². The third kappa shape index (κ3) is 4.10. The maximum atomic E-state index is 4.81. The fourth-order valence-electron chi connectivity index (χ4n) is 4.52. The zero-order chi connectivity index (χ0) is 20.2. The van der Waals surface area contributed by atoms with Crippen LogP contribution in [0.3, 0.4) is 0 Å². The van der Waals surface area contributed by atoms with Crippen LogP contribution < -0.4 is 9.80 Å². The molecule has 1 aliphatic carbocycles. The van der Waals surface area contributed by atoms with Crippen LogP contribution in [-0.4, -0.2) is 51.3 Å². The van der Waals surface area contributed by atoms with Gasteiger partial charge in [0.05, 0.1) is 18.1 Å². The molecule has 5 rings (SSSR count). The van der Waals surface area contributed by atoms with Crippen LogP contribution in [0.15, 0.2) is 49.1 Å². The molecule has 0 atom stereocenters. The van der Waals surface area contributed by atoms with E-state index < -0.39 is 0 Å². The van der Waals surface area contributed by atoms with E-state index in [0.29, 0.717) is 5.95 Å². The number of rotatable bonds is 4. The van der Waals surface area contributed by atoms with Gasteiger partial charge in [-0.1, -0.05) is 43.5 Å². The summed E-state index contributed by atoms with van der Waals surface area (Å²) in [5.74, 6) is 2.34. The van der Waals surface area contributed by atoms with Crippen LogP contribution in [0.25, 0.3) is 11.3 Å². The molecule has 154 valence electrons. The van der Waals surface area contributed by atoms with Gasteiger partial charge in [0.25, 0.3) is 0 Å². The molecule has 1 aliphatic heterocycles. The van der Waals surface area contributed by atoms with Gasteiger partial charge in [0.1, 0.15) is 5.82 Å². The van der Waals surface area contributed by atoms with E-state index in [9.17, 15) is 0 Å². The first-order chi connectivity index (χ1) is 14.9. The number of anilines is 2. The van der Waals surface area contributed by atoms with Gasteiger partial charge < -0.3 is 9.80 Å². The molecular formula is C23H27N7. The molecule has 3 heterocycles. The van der Waals surface area contributed by atoms with Crippen molar-refractivity contribution in [2.24, 2.45) is 0 Å². The van der Waals surface area contributed by atoms with Crippen LogP contribution in [0.2, 0.25) is 0 Å². The molecule has 0 bridgehead atoms. The minimum atomic E-state index is 0.697. The van der Waals surface area contributed by atoms with Gasteiger partial charge in [-0.3, -0.25) is 4.98 Å². The van der Waals surface area contributed by atoms with E-state index in [-0.39, 0.29) is 0 Å². The van der Waals surface area contributed by atoms with E-state index in [4.69, 9.17) is 4.98 Å². The predicted octanol–water partition coefficient (Wildman–Crippen LogP) is 3.70. The number of aromatic nitrogens is 5. The van der Waals surface area contributed by atoms with Crippen LogP contribution >= 0.6 is 0 Å². The van der Waals surface area contributed by atoms with Crippen molar-refractivity contribution in [1.82, 2.24) is 25.1 Å². The Morgan fingerprint density at radius 2 is 1.57 bits per heavy atom. The lowest BCUT2D eigenvalue weighted by Gasteiger charge is -2.35. The van der Waals surface area contributed by atoms with Crippen molar-refractivity contribution in [3.8, 4) is 11.3 Å². The van der Waals surface area contributed by atoms with Crippen molar-refractivity contribution in [2.75, 3.05) is 36.0 Å². The lowest BCUT2D eigenvalue weighted by atomic mass is 9.84. The Balaban J connectivity index is 1.27. The minimum absolute atomic E-state index is 0.697. The summed E-state index contributed by atoms with van der Waals surface area (Å²) in [7, 11) is 0. The second kappa shape index (κ2) is 8.73. The molecule has 1 aromatic carbocycles. The van der Waals surface area contributed by atoms with Crippen molar-refractivity contribution in [1.29, 1.82) is 0 Å². The van der Waals surface area contributed by atoms with Crippen LogP contribution in [0.5, 0.6) is 0 Å². The maximum absolute atomic E-state index is 4.81. The third-order valence-corrected chi connectivity index (χ3v) is 6.27. The molecule has 0 radical (unpaired) electrons. The SMILES string of the molecule is c1cnc(N2CCN(c3nncc(-c4ccc(C5CCCCC5)cc4)n3)CC2)cn1. The Kier molecular flexibility index (Phi) is 5.50. The Morgan fingerprint density at radius 1 is 0.800 bits per heavy atom. The Bertz CT molecular complexity index is 947. The summed E-state index contributed by atoms with van der Waals surface area (Å²) in [6.45, 7) is 3.40. The summed E-state index contributed by atoms with van der Waals surface area (Å²) >= 11 is 0. The highest BCUT2D eigenvalue weighted by Gasteiger charge is 2.21. The number of piperazine rings is 1. The average Bonchev–Trinajstić information content (AvgIpc) is 2.85. The van der Waals surface area contributed by atoms with Gasteiger partial charge in [0.15, 0.2) is 0 Å². The van der Waals surface area contributed by atoms with Crippen molar-refractivity contribution in [3.05, 3.63) is 54.6 Å². The summed E-state index contributed by atoms with van der Waals surface area (Å²) < 4.78 is 0. The molecule has 30 heavy (non-hydrogen) atoms. The van der Waals surface area contributed by atoms with E-state index >= 15 is 0 Å². The summed E-state index contributed by atoms with van der Waals surface area (Å²) in [6.07, 6.45) is 13.7. The van der Waals surface area contributed by atoms with E-state index in [1.165, 1.54) is 37.7 Å². The molecule has 0 N–H and O–H groups in total. The van der Waals surface area contributed by atoms with Gasteiger partial charge in [-0.25, -0.2) is 9.97 Å². The maximum Gasteiger partial charge on any atom is 0.246 e. The smallest absolute Gasteiger partial charge is 0.246 e. The first-order valence-corrected chi connectivity index (χ1v) is 10.9. The molecular weight excluding hydrogens is 374 g/mol. The van der Waals surface area contributed by atoms with Gasteiger partial charge in [-0.2, -0.15) is 5.10 Å². The summed E-state index contributed by atoms with van der Waals surface area (Å²) in [5.41, 5.74) is 3.44. The summed E-state index contributed by atoms with van der Waals surface area (Å²) in [6, 6.07) is 8.91. The molecule has 2 fully saturated rings. The Morgan fingerprint density at radius 3 is 2.30 bits per heavy atom. The first kappa shape index (κ1) is 18.9. The Hall–Kier alpha value is -3.09. The molecule has 0 amide bonds. The largest absolute Gasteiger partial charge is 0.352 e. The van der Waals surface area contributed by atoms with Crippen molar-refractivity contribution >= 4 is 11.8 Å². The zero-order valence-electron chi connectivity index (χ0n) is 17.2. The lowest BCUT2D eigenvalue weighted by molar-refractivity contribution is 0.443. The molecule has 7 heteroatoms. The van der Waals surface area contributed by atoms with E-state index in [0.717, 1.165) is 49.2 Å². The standard InChI is InChI=1S/C23H27N7/c1-2-4-18(5-3-1)19-6-8-20(9-7-19)21-16-26-28-23(27-21)30-14-12-29(13-15-30)22-17-24-10-11-25-22/h6-11,16-18H,1-5,12-15H2. The molecule has 7 nitrogen and oxygen atoms in total. The quantitative estimate of drug-likeness (QED) is 0.660. The van der Waals surface area contributed by atoms with E-state index in [2.05, 4.69) is 54.2 Å². The van der Waals surface area contributed by atoms with Gasteiger partial charge in [-0.15, -0.1) is 5.10 Å². The fraction of sp³-hybridized carbons (Fsp3) is 0.435. The second-order valence-electron chi connectivity index (χ2n) is 8.14. The Labute approximate surface area is 177 Å². The topological polar surface area (TPSA) is 70.9 Å². The summed E-state index contributed by atoms with van der Waals surface area (Å²) in [5, 5.41) is 8.53. The number of hydrogen-bond donors (Lipinski definition) is 0. The monoisotopic (exact) mass is 401 g/mol. The van der Waals surface area contributed by atoms with Gasteiger partial charge in [0.2, 0.25) is 5.95 Å². The van der Waals surface area contributed by atoms with Crippen LogP contribution in [0, 0.1) is 0 Å². The van der Waals surface area contributed by atoms with Crippen LogP contribution in [-0.2, 0) is 0 Å². The van der Waals surface area contributed by atoms with E-state index in [1.54, 1.807) is 18.6 Å². The van der Waals surface area contributed by atoms with Crippen molar-refractivity contribution < 1.29 is 0 Å². The van der Waals surface area contributed by atoms with Crippen molar-refractivity contribution in [2.45, 2.75) is 38.0 Å². The van der Waals surface area contributed by atoms with Gasteiger partial charge >= 0.3 is 0 Å². The normalized spacial score (nSPS) is 17.9. The zero-order valence-corrected chi connectivity index (χ0v) is 17.2. The lowest BCUT2D eigenvalue weighted by Crippen LogP contribution is -2.47. The fourth-order valence-corrected chi connectivity index (χ4v) is 4.52. The van der Waals surface area contributed by atoms with E-state index in [1.807, 2.05) is 6.20 Å². The number of nitrogens with zero attached hydrogens (tertiary/aromatic N) is 7. The number of benzene rings is 1.